The summed E-state index contributed by atoms with van der Waals surface area (Å²) in [4.78, 5) is 59.1. The molecular formula is C27H31F4N5O7. The number of amides is 3. The number of cyclic esters (lactones) is 1. The lowest BCUT2D eigenvalue weighted by atomic mass is 9.91. The van der Waals surface area contributed by atoms with E-state index in [1.165, 1.54) is 19.2 Å². The van der Waals surface area contributed by atoms with Crippen molar-refractivity contribution >= 4 is 23.7 Å². The smallest absolute Gasteiger partial charge is 0.312 e. The Morgan fingerprint density at radius 3 is 2.40 bits per heavy atom. The average molecular weight is 614 g/mol. The molecule has 1 fully saturated rings. The number of aromatic nitrogens is 2. The molecule has 16 heteroatoms. The number of pyridine rings is 2. The summed E-state index contributed by atoms with van der Waals surface area (Å²) in [6.07, 6.45) is -2.84. The highest BCUT2D eigenvalue weighted by Gasteiger charge is 2.41. The third-order valence-electron chi connectivity index (χ3n) is 7.23. The van der Waals surface area contributed by atoms with Gasteiger partial charge in [0.05, 0.1) is 24.1 Å². The van der Waals surface area contributed by atoms with Gasteiger partial charge < -0.3 is 30.9 Å². The number of aliphatic hydroxyl groups excluding tert-OH is 1. The van der Waals surface area contributed by atoms with Gasteiger partial charge in [0, 0.05) is 24.1 Å². The van der Waals surface area contributed by atoms with Crippen LogP contribution in [0.5, 0.6) is 5.75 Å². The normalized spacial score (nSPS) is 25.8. The van der Waals surface area contributed by atoms with E-state index in [0.29, 0.717) is 6.42 Å². The minimum atomic E-state index is -2.11. The summed E-state index contributed by atoms with van der Waals surface area (Å²) in [7, 11) is 0. The molecule has 0 spiro atoms. The molecule has 7 atom stereocenters. The van der Waals surface area contributed by atoms with Crippen molar-refractivity contribution < 1.29 is 51.7 Å². The molecule has 43 heavy (non-hydrogen) atoms. The highest BCUT2D eigenvalue weighted by atomic mass is 19.2. The van der Waals surface area contributed by atoms with Crippen molar-refractivity contribution in [3.63, 3.8) is 0 Å². The Balaban J connectivity index is 2.08. The lowest BCUT2D eigenvalue weighted by Gasteiger charge is -2.34. The fourth-order valence-corrected chi connectivity index (χ4v) is 4.39. The molecular weight excluding hydrogens is 582 g/mol. The van der Waals surface area contributed by atoms with E-state index in [1.54, 1.807) is 13.8 Å². The monoisotopic (exact) mass is 613 g/mol. The van der Waals surface area contributed by atoms with E-state index in [9.17, 15) is 47.0 Å². The van der Waals surface area contributed by atoms with Crippen LogP contribution in [0, 0.1) is 35.4 Å². The third kappa shape index (κ3) is 7.36. The van der Waals surface area contributed by atoms with Crippen LogP contribution in [0.1, 0.15) is 50.2 Å². The van der Waals surface area contributed by atoms with Gasteiger partial charge >= 0.3 is 5.97 Å². The van der Waals surface area contributed by atoms with Gasteiger partial charge in [0.1, 0.15) is 11.8 Å². The maximum atomic E-state index is 14.6. The second-order valence-corrected chi connectivity index (χ2v) is 10.3. The Morgan fingerprint density at radius 2 is 1.77 bits per heavy atom. The van der Waals surface area contributed by atoms with Gasteiger partial charge in [0.25, 0.3) is 17.8 Å². The van der Waals surface area contributed by atoms with E-state index < -0.39 is 113 Å². The number of hydrogen-bond donors (Lipinski definition) is 5. The zero-order valence-corrected chi connectivity index (χ0v) is 23.5. The number of esters is 1. The Bertz CT molecular complexity index is 1400. The van der Waals surface area contributed by atoms with Crippen LogP contribution in [-0.2, 0) is 25.5 Å². The van der Waals surface area contributed by atoms with E-state index in [1.807, 2.05) is 0 Å². The second-order valence-electron chi connectivity index (χ2n) is 10.3. The molecule has 2 aromatic heterocycles. The van der Waals surface area contributed by atoms with Gasteiger partial charge in [0.2, 0.25) is 17.7 Å². The third-order valence-corrected chi connectivity index (χ3v) is 7.23. The molecule has 0 bridgehead atoms. The number of aliphatic hydroxyl groups is 1. The quantitative estimate of drug-likeness (QED) is 0.181. The molecule has 1 aliphatic rings. The van der Waals surface area contributed by atoms with Crippen molar-refractivity contribution in [2.75, 3.05) is 0 Å². The second kappa shape index (κ2) is 13.8. The predicted molar refractivity (Wildman–Crippen MR) is 139 cm³/mol. The Kier molecular flexibility index (Phi) is 10.6. The molecule has 234 valence electrons. The van der Waals surface area contributed by atoms with Crippen LogP contribution in [0.15, 0.2) is 18.3 Å². The van der Waals surface area contributed by atoms with E-state index in [4.69, 9.17) is 4.74 Å². The fourth-order valence-electron chi connectivity index (χ4n) is 4.39. The number of rotatable bonds is 6. The Hall–Kier alpha value is -4.34. The first-order chi connectivity index (χ1) is 20.2. The largest absolute Gasteiger partial charge is 0.505 e. The zero-order chi connectivity index (χ0) is 32.2. The number of nitrogens with one attached hydrogen (secondary N) is 3. The summed E-state index contributed by atoms with van der Waals surface area (Å²) < 4.78 is 61.8. The first-order valence-electron chi connectivity index (χ1n) is 13.3. The molecule has 3 rings (SSSR count). The summed E-state index contributed by atoms with van der Waals surface area (Å²) in [6, 6.07) is -2.19. The first kappa shape index (κ1) is 33.2. The van der Waals surface area contributed by atoms with Crippen molar-refractivity contribution in [1.29, 1.82) is 0 Å². The number of nitrogens with zero attached hydrogens (tertiary/aromatic N) is 2. The van der Waals surface area contributed by atoms with Crippen molar-refractivity contribution in [2.24, 2.45) is 11.8 Å². The standard InChI is InChI=1S/C27H31F4N5O7/c1-5-10(2)21-26(41)33-12(4)18(35-25(40)19-15(37)7-6-8-32-19)24(39)34-14(20(38)11(3)27(42)43-21)9-13-16(28)17(29)23(31)36-22(13)30/h6-8,10-12,14,18,20-21,37-38H,5,9H2,1-4H3,(H,33,41)(H,34,39)(H,35,40). The molecule has 0 radical (unpaired) electrons. The lowest BCUT2D eigenvalue weighted by Crippen LogP contribution is -2.62. The molecule has 3 amide bonds. The number of halogens is 4. The number of aromatic hydroxyl groups is 1. The summed E-state index contributed by atoms with van der Waals surface area (Å²) in [5.74, 6) is -14.6. The molecule has 2 aromatic rings. The molecule has 0 aliphatic carbocycles. The van der Waals surface area contributed by atoms with Gasteiger partial charge in [-0.2, -0.15) is 18.2 Å². The number of ether oxygens (including phenoxy) is 1. The van der Waals surface area contributed by atoms with Crippen LogP contribution < -0.4 is 16.0 Å². The van der Waals surface area contributed by atoms with Crippen molar-refractivity contribution in [3.8, 4) is 5.75 Å². The zero-order valence-electron chi connectivity index (χ0n) is 23.5. The van der Waals surface area contributed by atoms with Gasteiger partial charge in [-0.05, 0) is 32.4 Å². The van der Waals surface area contributed by atoms with E-state index in [0.717, 1.165) is 13.0 Å². The topological polar surface area (TPSA) is 180 Å². The van der Waals surface area contributed by atoms with Gasteiger partial charge in [-0.15, -0.1) is 0 Å². The average Bonchev–Trinajstić information content (AvgIpc) is 2.97. The minimum absolute atomic E-state index is 0.362. The van der Waals surface area contributed by atoms with Crippen molar-refractivity contribution in [1.82, 2.24) is 25.9 Å². The van der Waals surface area contributed by atoms with Crippen molar-refractivity contribution in [3.05, 3.63) is 53.1 Å². The summed E-state index contributed by atoms with van der Waals surface area (Å²) >= 11 is 0. The molecule has 1 saturated heterocycles. The maximum absolute atomic E-state index is 14.6. The number of carbonyl (C=O) groups is 4. The van der Waals surface area contributed by atoms with Gasteiger partial charge in [-0.3, -0.25) is 19.2 Å². The molecule has 7 unspecified atom stereocenters. The molecule has 3 heterocycles. The molecule has 0 saturated carbocycles. The summed E-state index contributed by atoms with van der Waals surface area (Å²) in [6.45, 7) is 5.80. The van der Waals surface area contributed by atoms with Crippen LogP contribution in [0.2, 0.25) is 0 Å². The highest BCUT2D eigenvalue weighted by molar-refractivity contribution is 5.98. The molecule has 5 N–H and O–H groups in total. The number of carbonyl (C=O) groups excluding carboxylic acids is 4. The fraction of sp³-hybridized carbons (Fsp3) is 0.481. The molecule has 1 aliphatic heterocycles. The Morgan fingerprint density at radius 1 is 1.09 bits per heavy atom. The van der Waals surface area contributed by atoms with Crippen LogP contribution in [-0.4, -0.2) is 74.2 Å². The van der Waals surface area contributed by atoms with Gasteiger partial charge in [-0.1, -0.05) is 13.8 Å². The van der Waals surface area contributed by atoms with Crippen LogP contribution in [0.25, 0.3) is 0 Å². The minimum Gasteiger partial charge on any atom is -0.505 e. The summed E-state index contributed by atoms with van der Waals surface area (Å²) in [5, 5.41) is 28.2. The van der Waals surface area contributed by atoms with E-state index in [-0.39, 0.29) is 0 Å². The van der Waals surface area contributed by atoms with Crippen LogP contribution in [0.3, 0.4) is 0 Å². The Labute approximate surface area is 243 Å². The molecule has 12 nitrogen and oxygen atoms in total. The van der Waals surface area contributed by atoms with Crippen LogP contribution in [0.4, 0.5) is 17.6 Å². The summed E-state index contributed by atoms with van der Waals surface area (Å²) in [5.41, 5.74) is -1.62. The highest BCUT2D eigenvalue weighted by Crippen LogP contribution is 2.23. The molecule has 0 aromatic carbocycles. The SMILES string of the molecule is CCC(C)C1OC(=O)C(C)C(O)C(Cc2c(F)nc(F)c(F)c2F)NC(=O)C(NC(=O)c2ncccc2O)C(C)NC1=O. The van der Waals surface area contributed by atoms with Crippen molar-refractivity contribution in [2.45, 2.75) is 70.9 Å². The van der Waals surface area contributed by atoms with E-state index in [2.05, 4.69) is 25.9 Å². The van der Waals surface area contributed by atoms with E-state index >= 15 is 0 Å². The lowest BCUT2D eigenvalue weighted by molar-refractivity contribution is -0.167. The number of hydrogen-bond acceptors (Lipinski definition) is 9. The van der Waals surface area contributed by atoms with Gasteiger partial charge in [0.15, 0.2) is 17.6 Å². The van der Waals surface area contributed by atoms with Gasteiger partial charge in [-0.25, -0.2) is 9.37 Å². The van der Waals surface area contributed by atoms with Crippen LogP contribution >= 0.6 is 0 Å². The first-order valence-corrected chi connectivity index (χ1v) is 13.3. The maximum Gasteiger partial charge on any atom is 0.312 e. The predicted octanol–water partition coefficient (Wildman–Crippen LogP) is 1.04.